The van der Waals surface area contributed by atoms with Crippen molar-refractivity contribution in [2.24, 2.45) is 0 Å². The molecule has 3 aromatic rings. The first-order valence-corrected chi connectivity index (χ1v) is 8.35. The molecule has 0 bridgehead atoms. The molecule has 1 aromatic carbocycles. The normalized spacial score (nSPS) is 22.8. The predicted molar refractivity (Wildman–Crippen MR) is 90.4 cm³/mol. The van der Waals surface area contributed by atoms with Crippen molar-refractivity contribution in [3.63, 3.8) is 0 Å². The van der Waals surface area contributed by atoms with E-state index in [1.165, 1.54) is 12.1 Å². The lowest BCUT2D eigenvalue weighted by atomic mass is 10.1. The molecule has 136 valence electrons. The molecule has 8 nitrogen and oxygen atoms in total. The summed E-state index contributed by atoms with van der Waals surface area (Å²) in [7, 11) is 0. The topological polar surface area (TPSA) is 101 Å². The number of hydrogen-bond acceptors (Lipinski definition) is 6. The van der Waals surface area contributed by atoms with Crippen LogP contribution in [0, 0.1) is 5.82 Å². The number of H-pyrrole nitrogens is 1. The third-order valence-electron chi connectivity index (χ3n) is 4.41. The molecule has 0 unspecified atom stereocenters. The third-order valence-corrected chi connectivity index (χ3v) is 4.41. The van der Waals surface area contributed by atoms with E-state index in [4.69, 9.17) is 4.74 Å². The summed E-state index contributed by atoms with van der Waals surface area (Å²) in [6, 6.07) is 5.98. The van der Waals surface area contributed by atoms with Gasteiger partial charge in [0.1, 0.15) is 11.5 Å². The molecular formula is C17H19FN6O2. The standard InChI is InChI=1S/C17H19FN6O2/c18-12-3-1-2-11(4-12)14-7-24(23-22-14)8-16-17(15(25)9-26-16)20-6-13-5-19-10-21-13/h1-5,7,10,15-17,20,25H,6,8-9H2,(H,19,21)/t15-,16+,17+/m0/s1. The van der Waals surface area contributed by atoms with Gasteiger partial charge in [-0.05, 0) is 12.1 Å². The number of imidazole rings is 1. The van der Waals surface area contributed by atoms with Crippen LogP contribution < -0.4 is 5.32 Å². The van der Waals surface area contributed by atoms with Crippen LogP contribution in [0.5, 0.6) is 0 Å². The van der Waals surface area contributed by atoms with Gasteiger partial charge in [-0.3, -0.25) is 0 Å². The minimum atomic E-state index is -0.603. The zero-order chi connectivity index (χ0) is 17.9. The van der Waals surface area contributed by atoms with Gasteiger partial charge in [0.05, 0.1) is 43.9 Å². The van der Waals surface area contributed by atoms with Crippen LogP contribution in [-0.2, 0) is 17.8 Å². The number of rotatable bonds is 6. The molecule has 1 fully saturated rings. The number of halogens is 1. The van der Waals surface area contributed by atoms with Crippen molar-refractivity contribution < 1.29 is 14.2 Å². The molecule has 3 atom stereocenters. The van der Waals surface area contributed by atoms with E-state index >= 15 is 0 Å². The van der Waals surface area contributed by atoms with E-state index in [1.54, 1.807) is 35.5 Å². The molecule has 26 heavy (non-hydrogen) atoms. The number of nitrogens with zero attached hydrogens (tertiary/aromatic N) is 4. The highest BCUT2D eigenvalue weighted by Crippen LogP contribution is 2.20. The quantitative estimate of drug-likeness (QED) is 0.600. The minimum Gasteiger partial charge on any atom is -0.389 e. The lowest BCUT2D eigenvalue weighted by Gasteiger charge is -2.21. The smallest absolute Gasteiger partial charge is 0.123 e. The van der Waals surface area contributed by atoms with E-state index in [-0.39, 0.29) is 24.6 Å². The van der Waals surface area contributed by atoms with E-state index in [0.717, 1.165) is 5.69 Å². The second-order valence-corrected chi connectivity index (χ2v) is 6.26. The fourth-order valence-electron chi connectivity index (χ4n) is 3.07. The molecular weight excluding hydrogens is 339 g/mol. The predicted octanol–water partition coefficient (Wildman–Crippen LogP) is 0.725. The average molecular weight is 358 g/mol. The molecule has 4 rings (SSSR count). The Kier molecular flexibility index (Phi) is 4.74. The number of hydrogen-bond donors (Lipinski definition) is 3. The van der Waals surface area contributed by atoms with Crippen LogP contribution in [0.3, 0.4) is 0 Å². The van der Waals surface area contributed by atoms with Crippen LogP contribution in [0.25, 0.3) is 11.3 Å². The first-order valence-electron chi connectivity index (χ1n) is 8.35. The Balaban J connectivity index is 1.42. The van der Waals surface area contributed by atoms with Gasteiger partial charge in [-0.2, -0.15) is 0 Å². The summed E-state index contributed by atoms with van der Waals surface area (Å²) < 4.78 is 20.7. The van der Waals surface area contributed by atoms with Crippen LogP contribution in [0.1, 0.15) is 5.69 Å². The van der Waals surface area contributed by atoms with Crippen molar-refractivity contribution in [3.05, 3.63) is 54.5 Å². The first-order chi connectivity index (χ1) is 12.7. The lowest BCUT2D eigenvalue weighted by molar-refractivity contribution is 0.0741. The highest BCUT2D eigenvalue weighted by molar-refractivity contribution is 5.57. The fourth-order valence-corrected chi connectivity index (χ4v) is 3.07. The van der Waals surface area contributed by atoms with Gasteiger partial charge in [-0.15, -0.1) is 5.10 Å². The molecule has 0 aliphatic carbocycles. The zero-order valence-corrected chi connectivity index (χ0v) is 13.9. The maximum absolute atomic E-state index is 13.4. The molecule has 2 aromatic heterocycles. The monoisotopic (exact) mass is 358 g/mol. The Hall–Kier alpha value is -2.62. The summed E-state index contributed by atoms with van der Waals surface area (Å²) in [5, 5.41) is 21.7. The minimum absolute atomic E-state index is 0.236. The van der Waals surface area contributed by atoms with Crippen LogP contribution in [0.4, 0.5) is 4.39 Å². The van der Waals surface area contributed by atoms with Crippen LogP contribution >= 0.6 is 0 Å². The Morgan fingerprint density at radius 1 is 1.42 bits per heavy atom. The highest BCUT2D eigenvalue weighted by Gasteiger charge is 2.36. The summed E-state index contributed by atoms with van der Waals surface area (Å²) >= 11 is 0. The molecule has 1 saturated heterocycles. The average Bonchev–Trinajstić information content (AvgIpc) is 3.36. The molecule has 1 aliphatic rings. The number of aromatic amines is 1. The van der Waals surface area contributed by atoms with E-state index in [0.29, 0.717) is 24.3 Å². The summed E-state index contributed by atoms with van der Waals surface area (Å²) in [5.41, 5.74) is 2.18. The van der Waals surface area contributed by atoms with Crippen molar-refractivity contribution in [3.8, 4) is 11.3 Å². The summed E-state index contributed by atoms with van der Waals surface area (Å²) in [5.74, 6) is -0.317. The number of ether oxygens (including phenoxy) is 1. The lowest BCUT2D eigenvalue weighted by Crippen LogP contribution is -2.45. The van der Waals surface area contributed by atoms with Crippen molar-refractivity contribution in [1.82, 2.24) is 30.3 Å². The van der Waals surface area contributed by atoms with Crippen molar-refractivity contribution in [2.75, 3.05) is 6.61 Å². The van der Waals surface area contributed by atoms with Gasteiger partial charge >= 0.3 is 0 Å². The fraction of sp³-hybridized carbons (Fsp3) is 0.353. The number of aliphatic hydroxyl groups excluding tert-OH is 1. The Bertz CT molecular complexity index is 853. The molecule has 9 heteroatoms. The number of benzene rings is 1. The van der Waals surface area contributed by atoms with Gasteiger partial charge in [0.25, 0.3) is 0 Å². The number of aliphatic hydroxyl groups is 1. The molecule has 0 radical (unpaired) electrons. The van der Waals surface area contributed by atoms with Gasteiger partial charge in [0, 0.05) is 24.0 Å². The van der Waals surface area contributed by atoms with E-state index in [9.17, 15) is 9.50 Å². The van der Waals surface area contributed by atoms with Crippen molar-refractivity contribution in [2.45, 2.75) is 31.3 Å². The zero-order valence-electron chi connectivity index (χ0n) is 13.9. The van der Waals surface area contributed by atoms with E-state index in [1.807, 2.05) is 0 Å². The van der Waals surface area contributed by atoms with Gasteiger partial charge < -0.3 is 20.1 Å². The Morgan fingerprint density at radius 2 is 2.35 bits per heavy atom. The number of nitrogens with one attached hydrogen (secondary N) is 2. The van der Waals surface area contributed by atoms with Gasteiger partial charge in [-0.25, -0.2) is 14.1 Å². The largest absolute Gasteiger partial charge is 0.389 e. The van der Waals surface area contributed by atoms with Crippen LogP contribution in [0.15, 0.2) is 43.0 Å². The first kappa shape index (κ1) is 16.8. The van der Waals surface area contributed by atoms with Crippen LogP contribution in [0.2, 0.25) is 0 Å². The SMILES string of the molecule is O[C@H]1CO[C@H](Cn2cc(-c3cccc(F)c3)nn2)[C@@H]1NCc1cnc[nH]1. The van der Waals surface area contributed by atoms with Gasteiger partial charge in [-0.1, -0.05) is 17.3 Å². The van der Waals surface area contributed by atoms with E-state index < -0.39 is 6.10 Å². The summed E-state index contributed by atoms with van der Waals surface area (Å²) in [4.78, 5) is 6.98. The number of aromatic nitrogens is 5. The summed E-state index contributed by atoms with van der Waals surface area (Å²) in [6.07, 6.45) is 4.23. The van der Waals surface area contributed by atoms with Crippen molar-refractivity contribution in [1.29, 1.82) is 0 Å². The molecule has 3 heterocycles. The van der Waals surface area contributed by atoms with Gasteiger partial charge in [0.2, 0.25) is 0 Å². The van der Waals surface area contributed by atoms with Crippen LogP contribution in [-0.4, -0.2) is 54.9 Å². The highest BCUT2D eigenvalue weighted by atomic mass is 19.1. The van der Waals surface area contributed by atoms with Crippen molar-refractivity contribution >= 4 is 0 Å². The molecule has 1 aliphatic heterocycles. The molecule has 0 spiro atoms. The maximum Gasteiger partial charge on any atom is 0.123 e. The van der Waals surface area contributed by atoms with E-state index in [2.05, 4.69) is 25.6 Å². The molecule has 0 amide bonds. The Morgan fingerprint density at radius 3 is 3.15 bits per heavy atom. The molecule has 3 N–H and O–H groups in total. The third kappa shape index (κ3) is 3.64. The second kappa shape index (κ2) is 7.32. The summed E-state index contributed by atoms with van der Waals surface area (Å²) in [6.45, 7) is 1.24. The Labute approximate surface area is 149 Å². The van der Waals surface area contributed by atoms with Gasteiger partial charge in [0.15, 0.2) is 0 Å². The maximum atomic E-state index is 13.4. The second-order valence-electron chi connectivity index (χ2n) is 6.26. The molecule has 0 saturated carbocycles.